The SMILES string of the molecule is CCOc1ccc(CN(C)C(=O)C2CCCO2)cc1. The molecular formula is C15H21NO3. The van der Waals surface area contributed by atoms with E-state index >= 15 is 0 Å². The molecule has 0 aromatic heterocycles. The Morgan fingerprint density at radius 2 is 2.16 bits per heavy atom. The van der Waals surface area contributed by atoms with Crippen LogP contribution in [0.25, 0.3) is 0 Å². The lowest BCUT2D eigenvalue weighted by Gasteiger charge is -2.20. The van der Waals surface area contributed by atoms with Gasteiger partial charge >= 0.3 is 0 Å². The van der Waals surface area contributed by atoms with E-state index in [0.29, 0.717) is 19.8 Å². The minimum absolute atomic E-state index is 0.0754. The van der Waals surface area contributed by atoms with Crippen LogP contribution >= 0.6 is 0 Å². The third-order valence-corrected chi connectivity index (χ3v) is 3.24. The normalized spacial score (nSPS) is 18.3. The fourth-order valence-electron chi connectivity index (χ4n) is 2.23. The summed E-state index contributed by atoms with van der Waals surface area (Å²) in [5.41, 5.74) is 1.09. The maximum absolute atomic E-state index is 12.1. The molecule has 19 heavy (non-hydrogen) atoms. The average molecular weight is 263 g/mol. The second-order valence-corrected chi connectivity index (χ2v) is 4.77. The molecule has 1 amide bonds. The highest BCUT2D eigenvalue weighted by Gasteiger charge is 2.26. The lowest BCUT2D eigenvalue weighted by Crippen LogP contribution is -2.35. The molecular weight excluding hydrogens is 242 g/mol. The molecule has 104 valence electrons. The Morgan fingerprint density at radius 3 is 2.74 bits per heavy atom. The van der Waals surface area contributed by atoms with Gasteiger partial charge in [0, 0.05) is 20.2 Å². The highest BCUT2D eigenvalue weighted by atomic mass is 16.5. The second-order valence-electron chi connectivity index (χ2n) is 4.77. The van der Waals surface area contributed by atoms with Crippen molar-refractivity contribution in [3.63, 3.8) is 0 Å². The van der Waals surface area contributed by atoms with Crippen molar-refractivity contribution < 1.29 is 14.3 Å². The summed E-state index contributed by atoms with van der Waals surface area (Å²) in [7, 11) is 1.82. The van der Waals surface area contributed by atoms with Crippen molar-refractivity contribution in [3.05, 3.63) is 29.8 Å². The lowest BCUT2D eigenvalue weighted by molar-refractivity contribution is -0.140. The van der Waals surface area contributed by atoms with E-state index in [1.807, 2.05) is 38.2 Å². The summed E-state index contributed by atoms with van der Waals surface area (Å²) in [5, 5.41) is 0. The topological polar surface area (TPSA) is 38.8 Å². The van der Waals surface area contributed by atoms with Crippen molar-refractivity contribution in [2.75, 3.05) is 20.3 Å². The van der Waals surface area contributed by atoms with E-state index in [0.717, 1.165) is 24.2 Å². The van der Waals surface area contributed by atoms with Crippen LogP contribution in [0.3, 0.4) is 0 Å². The van der Waals surface area contributed by atoms with Crippen molar-refractivity contribution in [1.82, 2.24) is 4.90 Å². The molecule has 1 aromatic carbocycles. The Labute approximate surface area is 114 Å². The first-order chi connectivity index (χ1) is 9.20. The molecule has 1 atom stereocenters. The zero-order chi connectivity index (χ0) is 13.7. The van der Waals surface area contributed by atoms with Crippen LogP contribution in [0.15, 0.2) is 24.3 Å². The molecule has 1 aliphatic rings. The van der Waals surface area contributed by atoms with Gasteiger partial charge in [0.2, 0.25) is 0 Å². The summed E-state index contributed by atoms with van der Waals surface area (Å²) in [6.45, 7) is 3.93. The zero-order valence-corrected chi connectivity index (χ0v) is 11.6. The van der Waals surface area contributed by atoms with Crippen molar-refractivity contribution in [2.45, 2.75) is 32.4 Å². The Bertz CT molecular complexity index is 410. The van der Waals surface area contributed by atoms with Gasteiger partial charge in [0.1, 0.15) is 11.9 Å². The van der Waals surface area contributed by atoms with Crippen LogP contribution in [-0.2, 0) is 16.1 Å². The van der Waals surface area contributed by atoms with E-state index in [1.54, 1.807) is 4.90 Å². The first-order valence-electron chi connectivity index (χ1n) is 6.79. The predicted octanol–water partition coefficient (Wildman–Crippen LogP) is 2.22. The number of likely N-dealkylation sites (N-methyl/N-ethyl adjacent to an activating group) is 1. The van der Waals surface area contributed by atoms with Gasteiger partial charge in [0.15, 0.2) is 0 Å². The second kappa shape index (κ2) is 6.57. The average Bonchev–Trinajstić information content (AvgIpc) is 2.94. The van der Waals surface area contributed by atoms with Gasteiger partial charge < -0.3 is 14.4 Å². The Morgan fingerprint density at radius 1 is 1.42 bits per heavy atom. The number of carbonyl (C=O) groups excluding carboxylic acids is 1. The molecule has 0 saturated carbocycles. The Balaban J connectivity index is 1.90. The van der Waals surface area contributed by atoms with Gasteiger partial charge in [0.05, 0.1) is 6.61 Å². The molecule has 4 heteroatoms. The van der Waals surface area contributed by atoms with Crippen LogP contribution in [0.1, 0.15) is 25.3 Å². The molecule has 0 spiro atoms. The van der Waals surface area contributed by atoms with E-state index in [1.165, 1.54) is 0 Å². The minimum Gasteiger partial charge on any atom is -0.494 e. The zero-order valence-electron chi connectivity index (χ0n) is 11.6. The predicted molar refractivity (Wildman–Crippen MR) is 73.1 cm³/mol. The summed E-state index contributed by atoms with van der Waals surface area (Å²) in [6, 6.07) is 7.85. The molecule has 4 nitrogen and oxygen atoms in total. The van der Waals surface area contributed by atoms with Crippen molar-refractivity contribution >= 4 is 5.91 Å². The molecule has 1 fully saturated rings. The van der Waals surface area contributed by atoms with Crippen LogP contribution in [0.4, 0.5) is 0 Å². The summed E-state index contributed by atoms with van der Waals surface area (Å²) in [4.78, 5) is 13.8. The molecule has 0 radical (unpaired) electrons. The Hall–Kier alpha value is -1.55. The third kappa shape index (κ3) is 3.70. The fraction of sp³-hybridized carbons (Fsp3) is 0.533. The number of hydrogen-bond acceptors (Lipinski definition) is 3. The van der Waals surface area contributed by atoms with Gasteiger partial charge in [0.25, 0.3) is 5.91 Å². The number of amides is 1. The van der Waals surface area contributed by atoms with E-state index < -0.39 is 0 Å². The number of nitrogens with zero attached hydrogens (tertiary/aromatic N) is 1. The van der Waals surface area contributed by atoms with Crippen molar-refractivity contribution in [3.8, 4) is 5.75 Å². The van der Waals surface area contributed by atoms with Crippen LogP contribution in [-0.4, -0.2) is 37.2 Å². The smallest absolute Gasteiger partial charge is 0.251 e. The van der Waals surface area contributed by atoms with Crippen LogP contribution < -0.4 is 4.74 Å². The van der Waals surface area contributed by atoms with Crippen LogP contribution in [0, 0.1) is 0 Å². The van der Waals surface area contributed by atoms with Crippen LogP contribution in [0.2, 0.25) is 0 Å². The largest absolute Gasteiger partial charge is 0.494 e. The molecule has 1 aliphatic heterocycles. The maximum atomic E-state index is 12.1. The van der Waals surface area contributed by atoms with E-state index in [9.17, 15) is 4.79 Å². The monoisotopic (exact) mass is 263 g/mol. The number of ether oxygens (including phenoxy) is 2. The van der Waals surface area contributed by atoms with Crippen LogP contribution in [0.5, 0.6) is 5.75 Å². The maximum Gasteiger partial charge on any atom is 0.251 e. The van der Waals surface area contributed by atoms with Gasteiger partial charge in [-0.15, -0.1) is 0 Å². The molecule has 1 aromatic rings. The highest BCUT2D eigenvalue weighted by Crippen LogP contribution is 2.17. The molecule has 1 unspecified atom stereocenters. The van der Waals surface area contributed by atoms with Gasteiger partial charge in [-0.3, -0.25) is 4.79 Å². The van der Waals surface area contributed by atoms with Gasteiger partial charge in [-0.25, -0.2) is 0 Å². The summed E-state index contributed by atoms with van der Waals surface area (Å²) in [6.07, 6.45) is 1.58. The van der Waals surface area contributed by atoms with Gasteiger partial charge in [-0.1, -0.05) is 12.1 Å². The van der Waals surface area contributed by atoms with Gasteiger partial charge in [-0.05, 0) is 37.5 Å². The molecule has 1 heterocycles. The molecule has 1 saturated heterocycles. The molecule has 2 rings (SSSR count). The first-order valence-corrected chi connectivity index (χ1v) is 6.79. The highest BCUT2D eigenvalue weighted by molar-refractivity contribution is 5.80. The number of carbonyl (C=O) groups is 1. The molecule has 0 aliphatic carbocycles. The standard InChI is InChI=1S/C15H21NO3/c1-3-18-13-8-6-12(7-9-13)11-16(2)15(17)14-5-4-10-19-14/h6-9,14H,3-5,10-11H2,1-2H3. The Kier molecular flexibility index (Phi) is 4.80. The fourth-order valence-corrected chi connectivity index (χ4v) is 2.23. The van der Waals surface area contributed by atoms with Crippen molar-refractivity contribution in [2.24, 2.45) is 0 Å². The number of rotatable bonds is 5. The quantitative estimate of drug-likeness (QED) is 0.817. The van der Waals surface area contributed by atoms with E-state index in [4.69, 9.17) is 9.47 Å². The molecule has 0 N–H and O–H groups in total. The van der Waals surface area contributed by atoms with Crippen molar-refractivity contribution in [1.29, 1.82) is 0 Å². The summed E-state index contributed by atoms with van der Waals surface area (Å²) in [5.74, 6) is 0.936. The lowest BCUT2D eigenvalue weighted by atomic mass is 10.2. The number of benzene rings is 1. The summed E-state index contributed by atoms with van der Waals surface area (Å²) >= 11 is 0. The first kappa shape index (κ1) is 13.9. The minimum atomic E-state index is -0.243. The van der Waals surface area contributed by atoms with E-state index in [2.05, 4.69) is 0 Å². The third-order valence-electron chi connectivity index (χ3n) is 3.24. The number of hydrogen-bond donors (Lipinski definition) is 0. The molecule has 0 bridgehead atoms. The van der Waals surface area contributed by atoms with Gasteiger partial charge in [-0.2, -0.15) is 0 Å². The van der Waals surface area contributed by atoms with E-state index in [-0.39, 0.29) is 12.0 Å². The summed E-state index contributed by atoms with van der Waals surface area (Å²) < 4.78 is 10.8.